The van der Waals surface area contributed by atoms with Gasteiger partial charge in [0, 0.05) is 10.4 Å². The van der Waals surface area contributed by atoms with Crippen molar-refractivity contribution >= 4 is 22.1 Å². The van der Waals surface area contributed by atoms with Crippen molar-refractivity contribution in [1.82, 2.24) is 0 Å². The molecule has 0 radical (unpaired) electrons. The van der Waals surface area contributed by atoms with Crippen LogP contribution in [0.25, 0.3) is 0 Å². The van der Waals surface area contributed by atoms with E-state index < -0.39 is 5.92 Å². The predicted molar refractivity (Wildman–Crippen MR) is 68.1 cm³/mol. The number of hydrogen-bond donors (Lipinski definition) is 1. The van der Waals surface area contributed by atoms with Gasteiger partial charge in [-0.2, -0.15) is 0 Å². The van der Waals surface area contributed by atoms with E-state index in [1.165, 1.54) is 12.3 Å². The summed E-state index contributed by atoms with van der Waals surface area (Å²) in [6.07, 6.45) is 2.85. The molecular weight excluding hydrogens is 289 g/mol. The topological polar surface area (TPSA) is 41.8 Å². The van der Waals surface area contributed by atoms with Crippen LogP contribution < -0.4 is 0 Å². The van der Waals surface area contributed by atoms with E-state index in [4.69, 9.17) is 9.94 Å². The predicted octanol–water partition coefficient (Wildman–Crippen LogP) is 3.33. The van der Waals surface area contributed by atoms with Crippen LogP contribution >= 0.6 is 15.9 Å². The number of ether oxygens (including phenoxy) is 1. The van der Waals surface area contributed by atoms with E-state index in [0.29, 0.717) is 12.2 Å². The average molecular weight is 302 g/mol. The van der Waals surface area contributed by atoms with E-state index in [1.54, 1.807) is 18.2 Å². The van der Waals surface area contributed by atoms with E-state index in [-0.39, 0.29) is 12.4 Å². The molecule has 1 N–H and O–H groups in total. The summed E-state index contributed by atoms with van der Waals surface area (Å²) in [5.41, 5.74) is 0.418. The molecule has 3 nitrogen and oxygen atoms in total. The van der Waals surface area contributed by atoms with Crippen LogP contribution in [0.3, 0.4) is 0 Å². The van der Waals surface area contributed by atoms with Crippen molar-refractivity contribution in [3.8, 4) is 0 Å². The Morgan fingerprint density at radius 2 is 2.35 bits per heavy atom. The normalized spacial score (nSPS) is 12.8. The summed E-state index contributed by atoms with van der Waals surface area (Å²) in [4.78, 5) is 0. The quantitative estimate of drug-likeness (QED) is 0.288. The average Bonchev–Trinajstić information content (AvgIpc) is 2.32. The Labute approximate surface area is 108 Å². The smallest absolute Gasteiger partial charge is 0.127 e. The molecule has 1 rings (SSSR count). The Bertz CT molecular complexity index is 409. The Kier molecular flexibility index (Phi) is 5.86. The van der Waals surface area contributed by atoms with Gasteiger partial charge in [0.25, 0.3) is 0 Å². The van der Waals surface area contributed by atoms with Crippen molar-refractivity contribution in [1.29, 1.82) is 0 Å². The van der Waals surface area contributed by atoms with Gasteiger partial charge >= 0.3 is 0 Å². The first-order valence-corrected chi connectivity index (χ1v) is 5.79. The van der Waals surface area contributed by atoms with Gasteiger partial charge in [0.2, 0.25) is 0 Å². The third kappa shape index (κ3) is 4.28. The van der Waals surface area contributed by atoms with Crippen molar-refractivity contribution in [2.45, 2.75) is 5.92 Å². The Hall–Kier alpha value is -1.20. The van der Waals surface area contributed by atoms with Gasteiger partial charge in [-0.15, -0.1) is 11.7 Å². The highest BCUT2D eigenvalue weighted by atomic mass is 79.9. The molecule has 0 aromatic heterocycles. The van der Waals surface area contributed by atoms with Gasteiger partial charge in [-0.25, -0.2) is 4.39 Å². The minimum Gasteiger partial charge on any atom is -0.411 e. The van der Waals surface area contributed by atoms with E-state index in [2.05, 4.69) is 27.7 Å². The molecule has 0 spiro atoms. The van der Waals surface area contributed by atoms with Crippen molar-refractivity contribution in [3.05, 3.63) is 46.7 Å². The van der Waals surface area contributed by atoms with Gasteiger partial charge < -0.3 is 9.94 Å². The molecule has 0 heterocycles. The van der Waals surface area contributed by atoms with Crippen LogP contribution in [0, 0.1) is 5.82 Å². The van der Waals surface area contributed by atoms with Crippen molar-refractivity contribution in [2.75, 3.05) is 13.2 Å². The zero-order chi connectivity index (χ0) is 12.7. The Morgan fingerprint density at radius 1 is 1.59 bits per heavy atom. The van der Waals surface area contributed by atoms with E-state index >= 15 is 0 Å². The highest BCUT2D eigenvalue weighted by Crippen LogP contribution is 2.22. The fraction of sp³-hybridized carbons (Fsp3) is 0.250. The molecule has 1 unspecified atom stereocenters. The van der Waals surface area contributed by atoms with Gasteiger partial charge in [0.05, 0.1) is 19.4 Å². The lowest BCUT2D eigenvalue weighted by Gasteiger charge is -2.13. The van der Waals surface area contributed by atoms with Crippen LogP contribution in [0.5, 0.6) is 0 Å². The lowest BCUT2D eigenvalue weighted by Crippen LogP contribution is -2.11. The van der Waals surface area contributed by atoms with Crippen LogP contribution in [0.4, 0.5) is 4.39 Å². The maximum atomic E-state index is 13.6. The van der Waals surface area contributed by atoms with Gasteiger partial charge in [0.1, 0.15) is 5.82 Å². The summed E-state index contributed by atoms with van der Waals surface area (Å²) in [6, 6.07) is 4.60. The largest absolute Gasteiger partial charge is 0.411 e. The molecule has 0 amide bonds. The number of halogens is 2. The maximum absolute atomic E-state index is 13.6. The third-order valence-electron chi connectivity index (χ3n) is 2.14. The lowest BCUT2D eigenvalue weighted by molar-refractivity contribution is 0.159. The summed E-state index contributed by atoms with van der Waals surface area (Å²) < 4.78 is 19.6. The fourth-order valence-electron chi connectivity index (χ4n) is 1.37. The van der Waals surface area contributed by atoms with E-state index in [9.17, 15) is 4.39 Å². The first-order chi connectivity index (χ1) is 8.19. The molecule has 0 aliphatic heterocycles. The molecule has 0 aliphatic rings. The van der Waals surface area contributed by atoms with Gasteiger partial charge in [-0.1, -0.05) is 22.0 Å². The molecule has 92 valence electrons. The number of oxime groups is 1. The molecule has 0 saturated carbocycles. The van der Waals surface area contributed by atoms with Crippen LogP contribution in [0.15, 0.2) is 40.5 Å². The number of hydrogen-bond acceptors (Lipinski definition) is 3. The standard InChI is InChI=1S/C12H13BrFNO2/c1-2-5-17-8-9(7-15-16)11-6-10(13)3-4-12(11)14/h2-4,6-7,9,16H,1,5,8H2. The fourth-order valence-corrected chi connectivity index (χ4v) is 1.75. The second-order valence-electron chi connectivity index (χ2n) is 3.36. The third-order valence-corrected chi connectivity index (χ3v) is 2.63. The van der Waals surface area contributed by atoms with E-state index in [1.807, 2.05) is 0 Å². The minimum absolute atomic E-state index is 0.226. The molecule has 1 atom stereocenters. The highest BCUT2D eigenvalue weighted by molar-refractivity contribution is 9.10. The molecule has 0 saturated heterocycles. The van der Waals surface area contributed by atoms with Crippen LogP contribution in [-0.4, -0.2) is 24.6 Å². The molecule has 1 aromatic carbocycles. The Morgan fingerprint density at radius 3 is 3.00 bits per heavy atom. The highest BCUT2D eigenvalue weighted by Gasteiger charge is 2.14. The van der Waals surface area contributed by atoms with Gasteiger partial charge in [-0.05, 0) is 23.8 Å². The molecule has 1 aromatic rings. The minimum atomic E-state index is -0.433. The summed E-state index contributed by atoms with van der Waals surface area (Å²) in [7, 11) is 0. The first-order valence-electron chi connectivity index (χ1n) is 5.00. The SMILES string of the molecule is C=CCOCC(C=NO)c1cc(Br)ccc1F. The van der Waals surface area contributed by atoms with Crippen LogP contribution in [0.2, 0.25) is 0 Å². The second-order valence-corrected chi connectivity index (χ2v) is 4.28. The van der Waals surface area contributed by atoms with Crippen molar-refractivity contribution < 1.29 is 14.3 Å². The van der Waals surface area contributed by atoms with Gasteiger partial charge in [-0.3, -0.25) is 0 Å². The molecular formula is C12H13BrFNO2. The lowest BCUT2D eigenvalue weighted by atomic mass is 10.0. The number of rotatable bonds is 6. The zero-order valence-corrected chi connectivity index (χ0v) is 10.7. The summed E-state index contributed by atoms with van der Waals surface area (Å²) in [5, 5.41) is 11.5. The zero-order valence-electron chi connectivity index (χ0n) is 9.14. The molecule has 17 heavy (non-hydrogen) atoms. The number of nitrogens with zero attached hydrogens (tertiary/aromatic N) is 1. The van der Waals surface area contributed by atoms with Crippen LogP contribution in [0.1, 0.15) is 11.5 Å². The second kappa shape index (κ2) is 7.19. The number of benzene rings is 1. The molecule has 0 bridgehead atoms. The first kappa shape index (κ1) is 13.9. The van der Waals surface area contributed by atoms with Crippen molar-refractivity contribution in [3.63, 3.8) is 0 Å². The van der Waals surface area contributed by atoms with Gasteiger partial charge in [0.15, 0.2) is 0 Å². The summed E-state index contributed by atoms with van der Waals surface area (Å²) in [5.74, 6) is -0.794. The molecule has 0 fully saturated rings. The van der Waals surface area contributed by atoms with Crippen molar-refractivity contribution in [2.24, 2.45) is 5.16 Å². The Balaban J connectivity index is 2.88. The molecule has 0 aliphatic carbocycles. The maximum Gasteiger partial charge on any atom is 0.127 e. The molecule has 5 heteroatoms. The summed E-state index contributed by atoms with van der Waals surface area (Å²) >= 11 is 3.27. The monoisotopic (exact) mass is 301 g/mol. The van der Waals surface area contributed by atoms with E-state index in [0.717, 1.165) is 4.47 Å². The summed E-state index contributed by atoms with van der Waals surface area (Å²) in [6.45, 7) is 4.11. The van der Waals surface area contributed by atoms with Crippen LogP contribution in [-0.2, 0) is 4.74 Å².